The Labute approximate surface area is 180 Å². The first-order chi connectivity index (χ1) is 14.7. The van der Waals surface area contributed by atoms with E-state index >= 15 is 0 Å². The van der Waals surface area contributed by atoms with Crippen molar-refractivity contribution in [1.29, 1.82) is 0 Å². The zero-order chi connectivity index (χ0) is 23.4. The van der Waals surface area contributed by atoms with Crippen LogP contribution in [0.2, 0.25) is 0 Å². The zero-order valence-corrected chi connectivity index (χ0v) is 17.5. The third-order valence-corrected chi connectivity index (χ3v) is 5.24. The van der Waals surface area contributed by atoms with Crippen LogP contribution in [0.4, 0.5) is 0 Å². The van der Waals surface area contributed by atoms with Crippen LogP contribution in [0, 0.1) is 0 Å². The lowest BCUT2D eigenvalue weighted by Crippen LogP contribution is -2.54. The Morgan fingerprint density at radius 2 is 0.935 bits per heavy atom. The fourth-order valence-electron chi connectivity index (χ4n) is 3.53. The van der Waals surface area contributed by atoms with Crippen LogP contribution in [0.25, 0.3) is 0 Å². The number of aliphatic carboxylic acids is 3. The van der Waals surface area contributed by atoms with Crippen molar-refractivity contribution in [2.45, 2.75) is 12.1 Å². The largest absolute Gasteiger partial charge is 0.480 e. The lowest BCUT2D eigenvalue weighted by molar-refractivity contribution is -0.140. The molecule has 0 amide bonds. The van der Waals surface area contributed by atoms with Gasteiger partial charge in [-0.15, -0.1) is 0 Å². The average Bonchev–Trinajstić information content (AvgIpc) is 2.68. The van der Waals surface area contributed by atoms with Gasteiger partial charge >= 0.3 is 17.9 Å². The Hall–Kier alpha value is -1.87. The molecule has 0 radical (unpaired) electrons. The van der Waals surface area contributed by atoms with Gasteiger partial charge in [-0.25, -0.2) is 0 Å². The molecule has 1 aliphatic heterocycles. The molecule has 13 heteroatoms. The zero-order valence-electron chi connectivity index (χ0n) is 17.5. The molecule has 0 aromatic rings. The normalized spacial score (nSPS) is 21.0. The molecule has 6 N–H and O–H groups in total. The van der Waals surface area contributed by atoms with Crippen molar-refractivity contribution in [1.82, 2.24) is 19.6 Å². The highest BCUT2D eigenvalue weighted by Crippen LogP contribution is 2.08. The molecule has 1 saturated heterocycles. The fourth-order valence-corrected chi connectivity index (χ4v) is 3.53. The number of hydrogen-bond donors (Lipinski definition) is 6. The Kier molecular flexibility index (Phi) is 12.5. The molecule has 0 aliphatic carbocycles. The van der Waals surface area contributed by atoms with Gasteiger partial charge in [0.15, 0.2) is 0 Å². The van der Waals surface area contributed by atoms with Gasteiger partial charge in [-0.2, -0.15) is 0 Å². The number of carbonyl (C=O) groups is 3. The van der Waals surface area contributed by atoms with E-state index in [1.54, 1.807) is 19.6 Å². The van der Waals surface area contributed by atoms with E-state index in [-0.39, 0.29) is 72.0 Å². The van der Waals surface area contributed by atoms with Crippen molar-refractivity contribution in [2.75, 3.05) is 85.2 Å². The maximum atomic E-state index is 11.2. The van der Waals surface area contributed by atoms with Crippen molar-refractivity contribution >= 4 is 17.9 Å². The van der Waals surface area contributed by atoms with Gasteiger partial charge in [-0.3, -0.25) is 34.0 Å². The minimum absolute atomic E-state index is 0.247. The molecule has 0 aromatic carbocycles. The van der Waals surface area contributed by atoms with Crippen LogP contribution in [0.1, 0.15) is 0 Å². The molecule has 1 aliphatic rings. The van der Waals surface area contributed by atoms with Crippen LogP contribution in [-0.2, 0) is 14.4 Å². The summed E-state index contributed by atoms with van der Waals surface area (Å²) < 4.78 is 0. The molecule has 0 saturated carbocycles. The molecule has 1 heterocycles. The van der Waals surface area contributed by atoms with Crippen molar-refractivity contribution < 1.29 is 45.0 Å². The summed E-state index contributed by atoms with van der Waals surface area (Å²) >= 11 is 0. The topological polar surface area (TPSA) is 186 Å². The second kappa shape index (κ2) is 14.2. The second-order valence-corrected chi connectivity index (χ2v) is 7.55. The summed E-state index contributed by atoms with van der Waals surface area (Å²) in [5, 5.41) is 56.6. The summed E-state index contributed by atoms with van der Waals surface area (Å²) in [6.07, 6.45) is -1.22. The summed E-state index contributed by atoms with van der Waals surface area (Å²) in [6.45, 7) is 0.396. The highest BCUT2D eigenvalue weighted by Gasteiger charge is 2.27. The molecule has 0 bridgehead atoms. The van der Waals surface area contributed by atoms with E-state index in [2.05, 4.69) is 0 Å². The predicted octanol–water partition coefficient (Wildman–Crippen LogP) is -3.82. The molecule has 1 fully saturated rings. The number of nitrogens with zero attached hydrogens (tertiary/aromatic N) is 4. The van der Waals surface area contributed by atoms with Gasteiger partial charge in [0.1, 0.15) is 0 Å². The molecule has 0 aromatic heterocycles. The Balaban J connectivity index is 3.05. The van der Waals surface area contributed by atoms with E-state index in [1.165, 1.54) is 0 Å². The molecule has 1 rings (SSSR count). The van der Waals surface area contributed by atoms with Crippen molar-refractivity contribution in [3.63, 3.8) is 0 Å². The first kappa shape index (κ1) is 27.2. The quantitative estimate of drug-likeness (QED) is 0.190. The van der Waals surface area contributed by atoms with E-state index in [4.69, 9.17) is 5.11 Å². The monoisotopic (exact) mass is 450 g/mol. The van der Waals surface area contributed by atoms with Crippen molar-refractivity contribution in [3.8, 4) is 0 Å². The summed E-state index contributed by atoms with van der Waals surface area (Å²) in [6, 6.07) is -0.796. The third-order valence-electron chi connectivity index (χ3n) is 5.24. The van der Waals surface area contributed by atoms with E-state index in [9.17, 15) is 39.9 Å². The van der Waals surface area contributed by atoms with Gasteiger partial charge in [-0.1, -0.05) is 0 Å². The van der Waals surface area contributed by atoms with Gasteiger partial charge < -0.3 is 30.6 Å². The highest BCUT2D eigenvalue weighted by molar-refractivity contribution is 5.69. The number of carboxylic acid groups (broad SMARTS) is 3. The van der Waals surface area contributed by atoms with E-state index in [1.807, 2.05) is 0 Å². The minimum atomic E-state index is -1.22. The maximum Gasteiger partial charge on any atom is 0.317 e. The molecular weight excluding hydrogens is 416 g/mol. The van der Waals surface area contributed by atoms with Crippen LogP contribution < -0.4 is 0 Å². The Morgan fingerprint density at radius 3 is 1.19 bits per heavy atom. The lowest BCUT2D eigenvalue weighted by atomic mass is 10.1. The van der Waals surface area contributed by atoms with Crippen LogP contribution >= 0.6 is 0 Å². The molecule has 13 nitrogen and oxygen atoms in total. The lowest BCUT2D eigenvalue weighted by Gasteiger charge is -2.37. The molecule has 0 unspecified atom stereocenters. The average molecular weight is 450 g/mol. The molecular formula is C18H34N4O9. The standard InChI is InChI=1S/C18H34N4O9/c23-12-14(15(25)13-24)22-7-5-20(10-17(28)29)3-1-19(9-16(26)27)2-4-21(6-8-22)11-18(30)31/h14-15,23-25H,1-13H2,(H,26,27)(H,28,29)(H,30,31)/t14-,15+/m1/s1. The highest BCUT2D eigenvalue weighted by atomic mass is 16.4. The molecule has 31 heavy (non-hydrogen) atoms. The van der Waals surface area contributed by atoms with E-state index in [0.29, 0.717) is 0 Å². The number of aliphatic hydroxyl groups is 3. The van der Waals surface area contributed by atoms with Gasteiger partial charge in [0, 0.05) is 52.4 Å². The first-order valence-corrected chi connectivity index (χ1v) is 10.1. The molecule has 2 atom stereocenters. The van der Waals surface area contributed by atoms with Crippen LogP contribution in [0.3, 0.4) is 0 Å². The van der Waals surface area contributed by atoms with Crippen LogP contribution in [0.15, 0.2) is 0 Å². The summed E-state index contributed by atoms with van der Waals surface area (Å²) in [4.78, 5) is 40.3. The number of rotatable bonds is 10. The molecule has 180 valence electrons. The van der Waals surface area contributed by atoms with Gasteiger partial charge in [0.2, 0.25) is 0 Å². The summed E-state index contributed by atoms with van der Waals surface area (Å²) in [5.41, 5.74) is 0. The predicted molar refractivity (Wildman–Crippen MR) is 108 cm³/mol. The maximum absolute atomic E-state index is 11.2. The van der Waals surface area contributed by atoms with E-state index in [0.717, 1.165) is 0 Å². The number of hydrogen-bond acceptors (Lipinski definition) is 10. The van der Waals surface area contributed by atoms with Gasteiger partial charge in [-0.05, 0) is 0 Å². The van der Waals surface area contributed by atoms with E-state index < -0.39 is 43.3 Å². The van der Waals surface area contributed by atoms with Crippen molar-refractivity contribution in [3.05, 3.63) is 0 Å². The van der Waals surface area contributed by atoms with Crippen LogP contribution in [-0.4, -0.2) is 165 Å². The van der Waals surface area contributed by atoms with Crippen molar-refractivity contribution in [2.24, 2.45) is 0 Å². The SMILES string of the molecule is O=C(O)CN1CCN(CC(=O)O)CCN([C@H](CO)[C@@H](O)CO)CCN(CC(=O)O)CC1. The second-order valence-electron chi connectivity index (χ2n) is 7.55. The Morgan fingerprint density at radius 1 is 0.613 bits per heavy atom. The summed E-state index contributed by atoms with van der Waals surface area (Å²) in [7, 11) is 0. The number of carboxylic acids is 3. The smallest absolute Gasteiger partial charge is 0.317 e. The fraction of sp³-hybridized carbons (Fsp3) is 0.833. The Bertz CT molecular complexity index is 548. The van der Waals surface area contributed by atoms with Gasteiger partial charge in [0.25, 0.3) is 0 Å². The minimum Gasteiger partial charge on any atom is -0.480 e. The summed E-state index contributed by atoms with van der Waals surface area (Å²) in [5.74, 6) is -3.10. The van der Waals surface area contributed by atoms with Crippen LogP contribution in [0.5, 0.6) is 0 Å². The van der Waals surface area contributed by atoms with Gasteiger partial charge in [0.05, 0.1) is 45.0 Å². The number of aliphatic hydroxyl groups excluding tert-OH is 3. The molecule has 0 spiro atoms. The first-order valence-electron chi connectivity index (χ1n) is 10.1. The third kappa shape index (κ3) is 10.8.